The van der Waals surface area contributed by atoms with Crippen LogP contribution in [0.15, 0.2) is 16.3 Å². The molecule has 2 unspecified atom stereocenters. The van der Waals surface area contributed by atoms with E-state index in [2.05, 4.69) is 0 Å². The summed E-state index contributed by atoms with van der Waals surface area (Å²) in [4.78, 5) is 0.379. The first-order valence-corrected chi connectivity index (χ1v) is 7.84. The lowest BCUT2D eigenvalue weighted by molar-refractivity contribution is -0.00461. The van der Waals surface area contributed by atoms with Gasteiger partial charge in [-0.15, -0.1) is 11.3 Å². The molecule has 1 fully saturated rings. The van der Waals surface area contributed by atoms with Crippen LogP contribution in [0, 0.1) is 11.3 Å². The van der Waals surface area contributed by atoms with Crippen LogP contribution in [0.25, 0.3) is 0 Å². The van der Waals surface area contributed by atoms with Gasteiger partial charge in [0, 0.05) is 27.3 Å². The molecule has 1 aliphatic heterocycles. The van der Waals surface area contributed by atoms with Crippen molar-refractivity contribution >= 4 is 21.4 Å². The number of hydrogen-bond acceptors (Lipinski definition) is 6. The molecule has 6 nitrogen and oxygen atoms in total. The molecular formula is C11H14N2O4S2. The Bertz CT molecular complexity index is 578. The van der Waals surface area contributed by atoms with Crippen molar-refractivity contribution in [1.82, 2.24) is 4.31 Å². The van der Waals surface area contributed by atoms with E-state index in [1.54, 1.807) is 0 Å². The average molecular weight is 302 g/mol. The third-order valence-electron chi connectivity index (χ3n) is 3.07. The van der Waals surface area contributed by atoms with E-state index in [9.17, 15) is 8.42 Å². The van der Waals surface area contributed by atoms with Crippen molar-refractivity contribution in [2.75, 3.05) is 27.3 Å². The summed E-state index contributed by atoms with van der Waals surface area (Å²) in [5.41, 5.74) is 0. The summed E-state index contributed by atoms with van der Waals surface area (Å²) < 4.78 is 36.8. The molecule has 0 saturated carbocycles. The molecule has 0 aliphatic carbocycles. The smallest absolute Gasteiger partial charge is 0.252 e. The zero-order valence-corrected chi connectivity index (χ0v) is 12.2. The maximum Gasteiger partial charge on any atom is 0.252 e. The molecule has 0 amide bonds. The Hall–Kier alpha value is -0.980. The Morgan fingerprint density at radius 1 is 1.32 bits per heavy atom. The maximum absolute atomic E-state index is 12.4. The van der Waals surface area contributed by atoms with E-state index in [0.29, 0.717) is 4.88 Å². The van der Waals surface area contributed by atoms with Crippen molar-refractivity contribution in [2.24, 2.45) is 0 Å². The highest BCUT2D eigenvalue weighted by Crippen LogP contribution is 2.28. The van der Waals surface area contributed by atoms with Crippen LogP contribution in [0.5, 0.6) is 0 Å². The summed E-state index contributed by atoms with van der Waals surface area (Å²) in [7, 11) is -0.506. The zero-order chi connectivity index (χ0) is 14.0. The lowest BCUT2D eigenvalue weighted by atomic mass is 10.3. The quantitative estimate of drug-likeness (QED) is 0.816. The average Bonchev–Trinajstić information content (AvgIpc) is 3.05. The van der Waals surface area contributed by atoms with Crippen molar-refractivity contribution in [1.29, 1.82) is 5.26 Å². The van der Waals surface area contributed by atoms with Gasteiger partial charge in [-0.2, -0.15) is 9.57 Å². The molecule has 1 aliphatic rings. The lowest BCUT2D eigenvalue weighted by Crippen LogP contribution is -2.29. The number of nitriles is 1. The van der Waals surface area contributed by atoms with Gasteiger partial charge in [0.1, 0.15) is 15.2 Å². The van der Waals surface area contributed by atoms with E-state index in [4.69, 9.17) is 14.7 Å². The lowest BCUT2D eigenvalue weighted by Gasteiger charge is -2.14. The second-order valence-electron chi connectivity index (χ2n) is 4.10. The van der Waals surface area contributed by atoms with Crippen LogP contribution < -0.4 is 0 Å². The number of thiophene rings is 1. The number of nitrogens with zero attached hydrogens (tertiary/aromatic N) is 2. The fourth-order valence-corrected chi connectivity index (χ4v) is 4.73. The van der Waals surface area contributed by atoms with E-state index in [-0.39, 0.29) is 29.5 Å². The molecule has 0 N–H and O–H groups in total. The second kappa shape index (κ2) is 5.56. The number of rotatable bonds is 4. The Labute approximate surface area is 116 Å². The van der Waals surface area contributed by atoms with Gasteiger partial charge in [-0.3, -0.25) is 0 Å². The van der Waals surface area contributed by atoms with Crippen LogP contribution >= 0.6 is 11.3 Å². The van der Waals surface area contributed by atoms with Gasteiger partial charge in [-0.25, -0.2) is 8.42 Å². The first-order valence-electron chi connectivity index (χ1n) is 5.58. The first-order chi connectivity index (χ1) is 9.02. The number of hydrogen-bond donors (Lipinski definition) is 0. The van der Waals surface area contributed by atoms with Crippen molar-refractivity contribution in [3.63, 3.8) is 0 Å². The van der Waals surface area contributed by atoms with Gasteiger partial charge in [0.15, 0.2) is 0 Å². The summed E-state index contributed by atoms with van der Waals surface area (Å²) in [5.74, 6) is 0. The molecule has 2 heterocycles. The first kappa shape index (κ1) is 14.4. The SMILES string of the molecule is COC1CN(S(=O)(=O)c2ccc(C#N)s2)CC1OC. The monoisotopic (exact) mass is 302 g/mol. The van der Waals surface area contributed by atoms with Gasteiger partial charge >= 0.3 is 0 Å². The predicted molar refractivity (Wildman–Crippen MR) is 69.4 cm³/mol. The molecule has 0 radical (unpaired) electrons. The molecule has 0 aromatic carbocycles. The van der Waals surface area contributed by atoms with E-state index in [0.717, 1.165) is 11.3 Å². The largest absolute Gasteiger partial charge is 0.377 e. The fraction of sp³-hybridized carbons (Fsp3) is 0.545. The Morgan fingerprint density at radius 3 is 2.32 bits per heavy atom. The molecular weight excluding hydrogens is 288 g/mol. The second-order valence-corrected chi connectivity index (χ2v) is 7.35. The van der Waals surface area contributed by atoms with E-state index in [1.807, 2.05) is 6.07 Å². The summed E-state index contributed by atoms with van der Waals surface area (Å²) in [6.07, 6.45) is -0.537. The third kappa shape index (κ3) is 2.66. The van der Waals surface area contributed by atoms with Crippen molar-refractivity contribution in [3.05, 3.63) is 17.0 Å². The Kier molecular flexibility index (Phi) is 4.23. The van der Waals surface area contributed by atoms with Gasteiger partial charge in [-0.1, -0.05) is 0 Å². The molecule has 8 heteroatoms. The van der Waals surface area contributed by atoms with Crippen LogP contribution in [-0.4, -0.2) is 52.2 Å². The van der Waals surface area contributed by atoms with E-state index < -0.39 is 10.0 Å². The van der Waals surface area contributed by atoms with Crippen LogP contribution in [-0.2, 0) is 19.5 Å². The number of sulfonamides is 1. The summed E-state index contributed by atoms with van der Waals surface area (Å²) in [6.45, 7) is 0.522. The molecule has 1 saturated heterocycles. The molecule has 0 spiro atoms. The Morgan fingerprint density at radius 2 is 1.89 bits per heavy atom. The van der Waals surface area contributed by atoms with Crippen LogP contribution in [0.3, 0.4) is 0 Å². The topological polar surface area (TPSA) is 79.6 Å². The van der Waals surface area contributed by atoms with Crippen LogP contribution in [0.4, 0.5) is 0 Å². The van der Waals surface area contributed by atoms with Gasteiger partial charge in [0.05, 0.1) is 12.2 Å². The fourth-order valence-electron chi connectivity index (χ4n) is 2.01. The molecule has 19 heavy (non-hydrogen) atoms. The van der Waals surface area contributed by atoms with Gasteiger partial charge in [0.2, 0.25) is 0 Å². The van der Waals surface area contributed by atoms with E-state index >= 15 is 0 Å². The van der Waals surface area contributed by atoms with E-state index in [1.165, 1.54) is 30.7 Å². The zero-order valence-electron chi connectivity index (χ0n) is 10.6. The number of ether oxygens (including phenoxy) is 2. The van der Waals surface area contributed by atoms with Crippen molar-refractivity contribution < 1.29 is 17.9 Å². The third-order valence-corrected chi connectivity index (χ3v) is 6.36. The minimum atomic E-state index is -3.57. The Balaban J connectivity index is 2.24. The highest BCUT2D eigenvalue weighted by atomic mass is 32.2. The molecule has 2 atom stereocenters. The van der Waals surface area contributed by atoms with Crippen molar-refractivity contribution in [2.45, 2.75) is 16.4 Å². The molecule has 0 bridgehead atoms. The van der Waals surface area contributed by atoms with Gasteiger partial charge < -0.3 is 9.47 Å². The molecule has 1 aromatic heterocycles. The van der Waals surface area contributed by atoms with Gasteiger partial charge in [0.25, 0.3) is 10.0 Å². The highest BCUT2D eigenvalue weighted by molar-refractivity contribution is 7.91. The van der Waals surface area contributed by atoms with Gasteiger partial charge in [-0.05, 0) is 12.1 Å². The standard InChI is InChI=1S/C11H14N2O4S2/c1-16-9-6-13(7-10(9)17-2)19(14,15)11-4-3-8(5-12)18-11/h3-4,9-10H,6-7H2,1-2H3. The minimum Gasteiger partial charge on any atom is -0.377 e. The summed E-state index contributed by atoms with van der Waals surface area (Å²) in [5, 5.41) is 8.75. The normalized spacial score (nSPS) is 24.5. The van der Waals surface area contributed by atoms with Crippen molar-refractivity contribution in [3.8, 4) is 6.07 Å². The molecule has 2 rings (SSSR count). The highest BCUT2D eigenvalue weighted by Gasteiger charge is 2.40. The summed E-state index contributed by atoms with van der Waals surface area (Å²) >= 11 is 0.972. The van der Waals surface area contributed by atoms with Crippen LogP contribution in [0.1, 0.15) is 4.88 Å². The summed E-state index contributed by atoms with van der Waals surface area (Å²) in [6, 6.07) is 4.90. The molecule has 1 aromatic rings. The van der Waals surface area contributed by atoms with Crippen LogP contribution in [0.2, 0.25) is 0 Å². The minimum absolute atomic E-state index is 0.177. The molecule has 104 valence electrons. The maximum atomic E-state index is 12.4. The predicted octanol–water partition coefficient (Wildman–Crippen LogP) is 0.654. The number of methoxy groups -OCH3 is 2.